The van der Waals surface area contributed by atoms with E-state index in [1.165, 1.54) is 12.2 Å². The summed E-state index contributed by atoms with van der Waals surface area (Å²) in [5.41, 5.74) is 0. The number of rotatable bonds is 8. The van der Waals surface area contributed by atoms with Gasteiger partial charge in [-0.3, -0.25) is 0 Å². The highest BCUT2D eigenvalue weighted by Crippen LogP contribution is 2.37. The maximum Gasteiger partial charge on any atom is 0.352 e. The lowest BCUT2D eigenvalue weighted by Crippen LogP contribution is -2.29. The normalized spacial score (nSPS) is 10.0. The molecule has 26 heavy (non-hydrogen) atoms. The van der Waals surface area contributed by atoms with Crippen molar-refractivity contribution in [2.24, 2.45) is 0 Å². The van der Waals surface area contributed by atoms with Gasteiger partial charge < -0.3 is 9.47 Å². The number of esters is 2. The van der Waals surface area contributed by atoms with E-state index in [-0.39, 0.29) is 18.1 Å². The Balaban J connectivity index is 2.68. The SMILES string of the molecule is C=CCOC(=O)C(C(=O)OCC=C)=S(c1ccccc1)c1ccccc1. The zero-order valence-electron chi connectivity index (χ0n) is 14.3. The van der Waals surface area contributed by atoms with Gasteiger partial charge in [0.05, 0.1) is 0 Å². The van der Waals surface area contributed by atoms with Gasteiger partial charge in [0, 0.05) is 9.79 Å². The van der Waals surface area contributed by atoms with Crippen LogP contribution in [0, 0.1) is 0 Å². The third kappa shape index (κ3) is 5.04. The largest absolute Gasteiger partial charge is 0.457 e. The van der Waals surface area contributed by atoms with E-state index < -0.39 is 22.4 Å². The van der Waals surface area contributed by atoms with Crippen LogP contribution in [0.4, 0.5) is 0 Å². The van der Waals surface area contributed by atoms with Crippen LogP contribution in [0.15, 0.2) is 95.8 Å². The summed E-state index contributed by atoms with van der Waals surface area (Å²) in [4.78, 5) is 26.9. The van der Waals surface area contributed by atoms with Crippen molar-refractivity contribution in [3.05, 3.63) is 86.0 Å². The van der Waals surface area contributed by atoms with Crippen LogP contribution in [0.3, 0.4) is 0 Å². The highest BCUT2D eigenvalue weighted by atomic mass is 32.2. The quantitative estimate of drug-likeness (QED) is 0.306. The van der Waals surface area contributed by atoms with Crippen LogP contribution in [0.5, 0.6) is 0 Å². The summed E-state index contributed by atoms with van der Waals surface area (Å²) in [6.07, 6.45) is 2.90. The van der Waals surface area contributed by atoms with E-state index in [2.05, 4.69) is 13.2 Å². The van der Waals surface area contributed by atoms with Crippen molar-refractivity contribution in [2.75, 3.05) is 13.2 Å². The van der Waals surface area contributed by atoms with Gasteiger partial charge in [-0.1, -0.05) is 61.7 Å². The van der Waals surface area contributed by atoms with Crippen LogP contribution in [0.25, 0.3) is 0 Å². The van der Waals surface area contributed by atoms with E-state index in [1.54, 1.807) is 0 Å². The fourth-order valence-corrected chi connectivity index (χ4v) is 4.19. The Hall–Kier alpha value is -2.92. The van der Waals surface area contributed by atoms with E-state index >= 15 is 0 Å². The molecule has 0 unspecified atom stereocenters. The molecule has 0 aromatic heterocycles. The lowest BCUT2D eigenvalue weighted by atomic mass is 10.4. The van der Waals surface area contributed by atoms with Gasteiger partial charge in [-0.05, 0) is 24.3 Å². The van der Waals surface area contributed by atoms with Gasteiger partial charge in [-0.15, -0.1) is 10.5 Å². The monoisotopic (exact) mass is 368 g/mol. The lowest BCUT2D eigenvalue weighted by molar-refractivity contribution is -0.139. The number of hydrogen-bond donors (Lipinski definition) is 0. The van der Waals surface area contributed by atoms with Gasteiger partial charge in [0.25, 0.3) is 0 Å². The number of hydrogen-bond acceptors (Lipinski definition) is 4. The maximum absolute atomic E-state index is 12.7. The zero-order valence-corrected chi connectivity index (χ0v) is 15.1. The summed E-state index contributed by atoms with van der Waals surface area (Å²) in [6, 6.07) is 18.7. The Morgan fingerprint density at radius 3 is 1.50 bits per heavy atom. The molecule has 2 aromatic rings. The highest BCUT2D eigenvalue weighted by Gasteiger charge is 2.27. The molecule has 0 bridgehead atoms. The van der Waals surface area contributed by atoms with Gasteiger partial charge >= 0.3 is 11.9 Å². The van der Waals surface area contributed by atoms with E-state index in [4.69, 9.17) is 9.47 Å². The van der Waals surface area contributed by atoms with Crippen molar-refractivity contribution in [3.63, 3.8) is 0 Å². The second kappa shape index (κ2) is 10.2. The van der Waals surface area contributed by atoms with E-state index in [1.807, 2.05) is 60.7 Å². The van der Waals surface area contributed by atoms with Crippen LogP contribution in [-0.4, -0.2) is 30.0 Å². The molecule has 0 aliphatic rings. The van der Waals surface area contributed by atoms with Crippen molar-refractivity contribution in [1.82, 2.24) is 0 Å². The molecular weight excluding hydrogens is 348 g/mol. The van der Waals surface area contributed by atoms with Crippen molar-refractivity contribution in [2.45, 2.75) is 9.79 Å². The average Bonchev–Trinajstić information content (AvgIpc) is 2.69. The fourth-order valence-electron chi connectivity index (χ4n) is 2.14. The predicted octanol–water partition coefficient (Wildman–Crippen LogP) is 4.00. The number of ether oxygens (including phenoxy) is 2. The minimum atomic E-state index is -0.957. The molecular formula is C21H20O4S. The fraction of sp³-hybridized carbons (Fsp3) is 0.0952. The van der Waals surface area contributed by atoms with Crippen molar-refractivity contribution in [1.29, 1.82) is 0 Å². The molecule has 0 saturated carbocycles. The first-order valence-electron chi connectivity index (χ1n) is 7.96. The van der Waals surface area contributed by atoms with Crippen molar-refractivity contribution < 1.29 is 19.1 Å². The van der Waals surface area contributed by atoms with Crippen LogP contribution < -0.4 is 0 Å². The smallest absolute Gasteiger partial charge is 0.352 e. The van der Waals surface area contributed by atoms with E-state index in [9.17, 15) is 9.59 Å². The molecule has 4 nitrogen and oxygen atoms in total. The molecule has 2 rings (SSSR count). The molecule has 0 aliphatic heterocycles. The van der Waals surface area contributed by atoms with Gasteiger partial charge in [0.2, 0.25) is 0 Å². The minimum absolute atomic E-state index is 0.0118. The summed E-state index contributed by atoms with van der Waals surface area (Å²) in [7, 11) is -0.957. The van der Waals surface area contributed by atoms with Crippen molar-refractivity contribution >= 4 is 27.3 Å². The second-order valence-electron chi connectivity index (χ2n) is 5.04. The molecule has 0 saturated heterocycles. The second-order valence-corrected chi connectivity index (χ2v) is 7.00. The molecule has 0 fully saturated rings. The van der Waals surface area contributed by atoms with Crippen LogP contribution >= 0.6 is 10.5 Å². The summed E-state index contributed by atoms with van der Waals surface area (Å²) in [5.74, 6) is -1.43. The van der Waals surface area contributed by atoms with Gasteiger partial charge in [-0.2, -0.15) is 0 Å². The third-order valence-corrected chi connectivity index (χ3v) is 5.43. The van der Waals surface area contributed by atoms with Crippen LogP contribution in [-0.2, 0) is 19.1 Å². The molecule has 0 N–H and O–H groups in total. The molecule has 0 amide bonds. The Kier molecular flexibility index (Phi) is 7.58. The molecule has 0 aliphatic carbocycles. The van der Waals surface area contributed by atoms with Crippen LogP contribution in [0.2, 0.25) is 0 Å². The topological polar surface area (TPSA) is 52.6 Å². The first-order chi connectivity index (χ1) is 12.7. The molecule has 0 spiro atoms. The van der Waals surface area contributed by atoms with Crippen LogP contribution in [0.1, 0.15) is 0 Å². The van der Waals surface area contributed by atoms with Gasteiger partial charge in [-0.25, -0.2) is 9.59 Å². The zero-order chi connectivity index (χ0) is 18.8. The lowest BCUT2D eigenvalue weighted by Gasteiger charge is -2.16. The summed E-state index contributed by atoms with van der Waals surface area (Å²) < 4.78 is 10.3. The molecule has 5 heteroatoms. The Labute approximate surface area is 155 Å². The first-order valence-corrected chi connectivity index (χ1v) is 9.19. The average molecular weight is 368 g/mol. The molecule has 134 valence electrons. The molecule has 2 aromatic carbocycles. The van der Waals surface area contributed by atoms with E-state index in [0.717, 1.165) is 9.79 Å². The number of benzene rings is 2. The van der Waals surface area contributed by atoms with Crippen molar-refractivity contribution in [3.8, 4) is 0 Å². The Morgan fingerprint density at radius 1 is 0.769 bits per heavy atom. The molecule has 0 atom stereocenters. The number of carbonyl (C=O) groups is 2. The van der Waals surface area contributed by atoms with E-state index in [0.29, 0.717) is 0 Å². The predicted molar refractivity (Wildman–Crippen MR) is 104 cm³/mol. The maximum atomic E-state index is 12.7. The molecule has 0 heterocycles. The molecule has 0 radical (unpaired) electrons. The van der Waals surface area contributed by atoms with Gasteiger partial charge in [0.15, 0.2) is 4.86 Å². The summed E-state index contributed by atoms with van der Waals surface area (Å²) in [5, 5.41) is 0. The Bertz CT molecular complexity index is 743. The Morgan fingerprint density at radius 2 is 1.15 bits per heavy atom. The third-order valence-electron chi connectivity index (χ3n) is 3.20. The summed E-state index contributed by atoms with van der Waals surface area (Å²) in [6.45, 7) is 7.09. The summed E-state index contributed by atoms with van der Waals surface area (Å²) >= 11 is 0. The number of carbonyl (C=O) groups excluding carboxylic acids is 2. The highest BCUT2D eigenvalue weighted by molar-refractivity contribution is 8.18. The standard InChI is InChI=1S/C21H20O4S/c1-3-15-24-20(22)19(21(23)25-16-4-2)26(17-11-7-5-8-12-17)18-13-9-6-10-14-18/h3-14H,1-2,15-16H2. The van der Waals surface area contributed by atoms with Gasteiger partial charge in [0.1, 0.15) is 13.2 Å². The first kappa shape index (κ1) is 19.4. The minimum Gasteiger partial charge on any atom is -0.457 e.